The number of nitrogens with zero attached hydrogens (tertiary/aromatic N) is 3. The third-order valence-corrected chi connectivity index (χ3v) is 2.41. The summed E-state index contributed by atoms with van der Waals surface area (Å²) in [6.45, 7) is 0.903. The third-order valence-electron chi connectivity index (χ3n) is 2.41. The Morgan fingerprint density at radius 1 is 1.24 bits per heavy atom. The molecule has 0 saturated heterocycles. The Hall–Kier alpha value is -1.88. The van der Waals surface area contributed by atoms with Crippen molar-refractivity contribution in [2.24, 2.45) is 0 Å². The van der Waals surface area contributed by atoms with E-state index in [2.05, 4.69) is 15.0 Å². The predicted molar refractivity (Wildman–Crippen MR) is 66.4 cm³/mol. The Balaban J connectivity index is 2.10. The maximum absolute atomic E-state index is 5.62. The summed E-state index contributed by atoms with van der Waals surface area (Å²) in [7, 11) is 4.03. The van der Waals surface area contributed by atoms with Gasteiger partial charge >= 0.3 is 0 Å². The molecule has 1 heterocycles. The monoisotopic (exact) mass is 232 g/mol. The van der Waals surface area contributed by atoms with Crippen LogP contribution in [0.4, 0.5) is 5.69 Å². The lowest BCUT2D eigenvalue weighted by Gasteiger charge is -2.05. The average molecular weight is 232 g/mol. The quantitative estimate of drug-likeness (QED) is 0.807. The SMILES string of the molecule is CN(C)CCc1noc(-c2ccc(N)cc2)n1. The van der Waals surface area contributed by atoms with E-state index in [0.717, 1.165) is 30.0 Å². The zero-order chi connectivity index (χ0) is 12.3. The van der Waals surface area contributed by atoms with Crippen molar-refractivity contribution in [2.75, 3.05) is 26.4 Å². The van der Waals surface area contributed by atoms with Gasteiger partial charge in [-0.15, -0.1) is 0 Å². The molecule has 0 saturated carbocycles. The first-order chi connectivity index (χ1) is 8.15. The van der Waals surface area contributed by atoms with Gasteiger partial charge in [0.15, 0.2) is 5.82 Å². The Bertz CT molecular complexity index is 476. The van der Waals surface area contributed by atoms with Gasteiger partial charge in [-0.3, -0.25) is 0 Å². The smallest absolute Gasteiger partial charge is 0.257 e. The molecule has 0 amide bonds. The number of likely N-dealkylation sites (N-methyl/N-ethyl adjacent to an activating group) is 1. The fraction of sp³-hybridized carbons (Fsp3) is 0.333. The maximum Gasteiger partial charge on any atom is 0.257 e. The van der Waals surface area contributed by atoms with Crippen LogP contribution in [0.2, 0.25) is 0 Å². The normalized spacial score (nSPS) is 11.0. The molecule has 0 spiro atoms. The molecule has 0 aliphatic heterocycles. The van der Waals surface area contributed by atoms with Gasteiger partial charge in [0.2, 0.25) is 0 Å². The van der Waals surface area contributed by atoms with Crippen LogP contribution in [0.1, 0.15) is 5.82 Å². The molecule has 0 fully saturated rings. The summed E-state index contributed by atoms with van der Waals surface area (Å²) in [5, 5.41) is 3.94. The number of hydrogen-bond donors (Lipinski definition) is 1. The van der Waals surface area contributed by atoms with Crippen LogP contribution in [0.5, 0.6) is 0 Å². The number of nitrogens with two attached hydrogens (primary N) is 1. The number of anilines is 1. The molecule has 0 radical (unpaired) electrons. The highest BCUT2D eigenvalue weighted by atomic mass is 16.5. The maximum atomic E-state index is 5.62. The highest BCUT2D eigenvalue weighted by molar-refractivity contribution is 5.56. The fourth-order valence-electron chi connectivity index (χ4n) is 1.42. The van der Waals surface area contributed by atoms with Crippen LogP contribution in [0, 0.1) is 0 Å². The topological polar surface area (TPSA) is 68.2 Å². The molecule has 2 aromatic rings. The van der Waals surface area contributed by atoms with E-state index in [1.807, 2.05) is 38.4 Å². The van der Waals surface area contributed by atoms with Crippen molar-refractivity contribution in [1.29, 1.82) is 0 Å². The highest BCUT2D eigenvalue weighted by Crippen LogP contribution is 2.18. The van der Waals surface area contributed by atoms with Crippen molar-refractivity contribution in [3.8, 4) is 11.5 Å². The Labute approximate surface area is 100 Å². The second-order valence-corrected chi connectivity index (χ2v) is 4.19. The fourth-order valence-corrected chi connectivity index (χ4v) is 1.42. The Kier molecular flexibility index (Phi) is 3.39. The zero-order valence-corrected chi connectivity index (χ0v) is 10.1. The minimum Gasteiger partial charge on any atom is -0.399 e. The summed E-state index contributed by atoms with van der Waals surface area (Å²) in [5.74, 6) is 1.27. The summed E-state index contributed by atoms with van der Waals surface area (Å²) in [6.07, 6.45) is 0.783. The van der Waals surface area contributed by atoms with E-state index in [4.69, 9.17) is 10.3 Å². The van der Waals surface area contributed by atoms with Crippen molar-refractivity contribution in [2.45, 2.75) is 6.42 Å². The molecule has 1 aromatic carbocycles. The molecule has 5 heteroatoms. The lowest BCUT2D eigenvalue weighted by molar-refractivity contribution is 0.392. The summed E-state index contributed by atoms with van der Waals surface area (Å²) < 4.78 is 5.20. The van der Waals surface area contributed by atoms with E-state index in [1.165, 1.54) is 0 Å². The molecule has 17 heavy (non-hydrogen) atoms. The summed E-state index contributed by atoms with van der Waals surface area (Å²) in [4.78, 5) is 6.42. The molecule has 5 nitrogen and oxygen atoms in total. The zero-order valence-electron chi connectivity index (χ0n) is 10.1. The molecule has 2 rings (SSSR count). The third kappa shape index (κ3) is 3.04. The molecule has 0 aliphatic rings. The number of rotatable bonds is 4. The van der Waals surface area contributed by atoms with Gasteiger partial charge in [0, 0.05) is 24.2 Å². The number of nitrogen functional groups attached to an aromatic ring is 1. The van der Waals surface area contributed by atoms with Crippen molar-refractivity contribution in [1.82, 2.24) is 15.0 Å². The van der Waals surface area contributed by atoms with Crippen LogP contribution in [0.25, 0.3) is 11.5 Å². The first kappa shape index (κ1) is 11.6. The van der Waals surface area contributed by atoms with Gasteiger partial charge in [-0.05, 0) is 38.4 Å². The number of benzene rings is 1. The van der Waals surface area contributed by atoms with Gasteiger partial charge in [-0.25, -0.2) is 0 Å². The molecular weight excluding hydrogens is 216 g/mol. The number of aromatic nitrogens is 2. The highest BCUT2D eigenvalue weighted by Gasteiger charge is 2.08. The molecule has 1 aromatic heterocycles. The molecule has 0 atom stereocenters. The summed E-state index contributed by atoms with van der Waals surface area (Å²) >= 11 is 0. The van der Waals surface area contributed by atoms with Crippen LogP contribution in [0.15, 0.2) is 28.8 Å². The molecule has 0 aliphatic carbocycles. The molecule has 90 valence electrons. The Morgan fingerprint density at radius 2 is 1.94 bits per heavy atom. The van der Waals surface area contributed by atoms with Crippen molar-refractivity contribution in [3.63, 3.8) is 0 Å². The molecule has 2 N–H and O–H groups in total. The molecule has 0 bridgehead atoms. The summed E-state index contributed by atoms with van der Waals surface area (Å²) in [6, 6.07) is 7.38. The van der Waals surface area contributed by atoms with E-state index in [-0.39, 0.29) is 0 Å². The molecule has 0 unspecified atom stereocenters. The van der Waals surface area contributed by atoms with Crippen LogP contribution in [-0.2, 0) is 6.42 Å². The minimum absolute atomic E-state index is 0.541. The van der Waals surface area contributed by atoms with Crippen molar-refractivity contribution in [3.05, 3.63) is 30.1 Å². The van der Waals surface area contributed by atoms with Crippen LogP contribution in [-0.4, -0.2) is 35.7 Å². The van der Waals surface area contributed by atoms with Crippen LogP contribution < -0.4 is 5.73 Å². The average Bonchev–Trinajstić information content (AvgIpc) is 2.76. The Morgan fingerprint density at radius 3 is 2.59 bits per heavy atom. The van der Waals surface area contributed by atoms with Gasteiger partial charge < -0.3 is 15.2 Å². The van der Waals surface area contributed by atoms with E-state index in [0.29, 0.717) is 5.89 Å². The summed E-state index contributed by atoms with van der Waals surface area (Å²) in [5.41, 5.74) is 7.23. The number of hydrogen-bond acceptors (Lipinski definition) is 5. The van der Waals surface area contributed by atoms with Gasteiger partial charge in [0.1, 0.15) is 0 Å². The van der Waals surface area contributed by atoms with Crippen molar-refractivity contribution >= 4 is 5.69 Å². The first-order valence-electron chi connectivity index (χ1n) is 5.48. The van der Waals surface area contributed by atoms with Crippen LogP contribution in [0.3, 0.4) is 0 Å². The lowest BCUT2D eigenvalue weighted by Crippen LogP contribution is -2.15. The van der Waals surface area contributed by atoms with E-state index in [1.54, 1.807) is 0 Å². The first-order valence-corrected chi connectivity index (χ1v) is 5.48. The van der Waals surface area contributed by atoms with Gasteiger partial charge in [0.05, 0.1) is 0 Å². The molecular formula is C12H16N4O. The van der Waals surface area contributed by atoms with Gasteiger partial charge in [0.25, 0.3) is 5.89 Å². The second kappa shape index (κ2) is 4.97. The van der Waals surface area contributed by atoms with E-state index >= 15 is 0 Å². The lowest BCUT2D eigenvalue weighted by atomic mass is 10.2. The van der Waals surface area contributed by atoms with E-state index in [9.17, 15) is 0 Å². The van der Waals surface area contributed by atoms with E-state index < -0.39 is 0 Å². The van der Waals surface area contributed by atoms with Gasteiger partial charge in [-0.1, -0.05) is 5.16 Å². The van der Waals surface area contributed by atoms with Crippen molar-refractivity contribution < 1.29 is 4.52 Å². The minimum atomic E-state index is 0.541. The largest absolute Gasteiger partial charge is 0.399 e. The van der Waals surface area contributed by atoms with Crippen LogP contribution >= 0.6 is 0 Å². The standard InChI is InChI=1S/C12H16N4O/c1-16(2)8-7-11-14-12(17-15-11)9-3-5-10(13)6-4-9/h3-6H,7-8,13H2,1-2H3. The van der Waals surface area contributed by atoms with Gasteiger partial charge in [-0.2, -0.15) is 4.98 Å². The second-order valence-electron chi connectivity index (χ2n) is 4.19. The predicted octanol–water partition coefficient (Wildman–Crippen LogP) is 1.42.